The average molecular weight is 316 g/mol. The molecule has 0 N–H and O–H groups in total. The lowest BCUT2D eigenvalue weighted by molar-refractivity contribution is -0.139. The number of esters is 1. The first-order valence-corrected chi connectivity index (χ1v) is 9.11. The quantitative estimate of drug-likeness (QED) is 0.352. The van der Waals surface area contributed by atoms with Crippen LogP contribution in [-0.2, 0) is 16.0 Å². The van der Waals surface area contributed by atoms with Crippen molar-refractivity contribution < 1.29 is 9.53 Å². The monoisotopic (exact) mass is 316 g/mol. The van der Waals surface area contributed by atoms with Gasteiger partial charge in [-0.05, 0) is 30.0 Å². The molecular formula is C21H32O2. The van der Waals surface area contributed by atoms with E-state index < -0.39 is 0 Å². The van der Waals surface area contributed by atoms with Gasteiger partial charge in [-0.1, -0.05) is 82.2 Å². The second kappa shape index (κ2) is 12.9. The lowest BCUT2D eigenvalue weighted by atomic mass is 10.0. The van der Waals surface area contributed by atoms with Crippen LogP contribution in [0, 0.1) is 0 Å². The summed E-state index contributed by atoms with van der Waals surface area (Å²) in [6.45, 7) is 4.03. The second-order valence-corrected chi connectivity index (χ2v) is 6.17. The minimum Gasteiger partial charge on any atom is -0.462 e. The molecule has 0 heterocycles. The van der Waals surface area contributed by atoms with Crippen molar-refractivity contribution in [1.82, 2.24) is 0 Å². The lowest BCUT2D eigenvalue weighted by Gasteiger charge is -2.03. The van der Waals surface area contributed by atoms with Gasteiger partial charge in [0.2, 0.25) is 0 Å². The number of unbranched alkanes of at least 4 members (excludes halogenated alkanes) is 7. The van der Waals surface area contributed by atoms with Gasteiger partial charge in [0.05, 0.1) is 0 Å². The van der Waals surface area contributed by atoms with Crippen LogP contribution in [-0.4, -0.2) is 12.6 Å². The molecule has 0 saturated heterocycles. The van der Waals surface area contributed by atoms with Crippen LogP contribution >= 0.6 is 0 Å². The van der Waals surface area contributed by atoms with Gasteiger partial charge in [0.1, 0.15) is 6.61 Å². The molecule has 0 atom stereocenters. The zero-order valence-electron chi connectivity index (χ0n) is 14.9. The fourth-order valence-electron chi connectivity index (χ4n) is 2.61. The van der Waals surface area contributed by atoms with E-state index in [0.29, 0.717) is 6.61 Å². The summed E-state index contributed by atoms with van der Waals surface area (Å²) in [6.07, 6.45) is 16.0. The van der Waals surface area contributed by atoms with E-state index >= 15 is 0 Å². The van der Waals surface area contributed by atoms with Crippen LogP contribution in [0.25, 0.3) is 6.08 Å². The zero-order valence-corrected chi connectivity index (χ0v) is 14.9. The van der Waals surface area contributed by atoms with Crippen molar-refractivity contribution in [1.29, 1.82) is 0 Å². The molecule has 0 fully saturated rings. The van der Waals surface area contributed by atoms with Crippen molar-refractivity contribution in [2.24, 2.45) is 0 Å². The Bertz CT molecular complexity index is 445. The summed E-state index contributed by atoms with van der Waals surface area (Å²) in [5.74, 6) is -0.240. The van der Waals surface area contributed by atoms with Gasteiger partial charge < -0.3 is 4.74 Å². The molecule has 128 valence electrons. The Labute approximate surface area is 141 Å². The van der Waals surface area contributed by atoms with Crippen LogP contribution < -0.4 is 0 Å². The first-order chi connectivity index (χ1) is 11.2. The summed E-state index contributed by atoms with van der Waals surface area (Å²) in [4.78, 5) is 10.7. The number of ether oxygens (including phenoxy) is 1. The van der Waals surface area contributed by atoms with E-state index in [1.54, 1.807) is 0 Å². The molecule has 1 aromatic rings. The topological polar surface area (TPSA) is 26.3 Å². The SMILES string of the molecule is CCCCCCCCCCc1ccc(/C=C/COC(C)=O)cc1. The van der Waals surface area contributed by atoms with E-state index in [0.717, 1.165) is 5.56 Å². The van der Waals surface area contributed by atoms with Crippen molar-refractivity contribution in [3.05, 3.63) is 41.5 Å². The number of hydrogen-bond donors (Lipinski definition) is 0. The maximum atomic E-state index is 10.7. The van der Waals surface area contributed by atoms with E-state index in [-0.39, 0.29) is 5.97 Å². The molecular weight excluding hydrogens is 284 g/mol. The van der Waals surface area contributed by atoms with Crippen molar-refractivity contribution in [2.75, 3.05) is 6.61 Å². The first-order valence-electron chi connectivity index (χ1n) is 9.11. The Hall–Kier alpha value is -1.57. The van der Waals surface area contributed by atoms with Crippen molar-refractivity contribution >= 4 is 12.0 Å². The minimum atomic E-state index is -0.240. The summed E-state index contributed by atoms with van der Waals surface area (Å²) >= 11 is 0. The molecule has 0 aliphatic rings. The minimum absolute atomic E-state index is 0.240. The van der Waals surface area contributed by atoms with E-state index in [1.165, 1.54) is 70.3 Å². The third kappa shape index (κ3) is 10.7. The smallest absolute Gasteiger partial charge is 0.302 e. The van der Waals surface area contributed by atoms with Gasteiger partial charge in [-0.2, -0.15) is 0 Å². The van der Waals surface area contributed by atoms with Crippen LogP contribution in [0.4, 0.5) is 0 Å². The zero-order chi connectivity index (χ0) is 16.8. The molecule has 0 aliphatic carbocycles. The first kappa shape index (κ1) is 19.5. The molecule has 1 aromatic carbocycles. The summed E-state index contributed by atoms with van der Waals surface area (Å²) in [6, 6.07) is 8.66. The van der Waals surface area contributed by atoms with E-state index in [1.807, 2.05) is 12.2 Å². The number of rotatable bonds is 12. The highest BCUT2D eigenvalue weighted by Gasteiger charge is 1.95. The largest absolute Gasteiger partial charge is 0.462 e. The molecule has 0 aliphatic heterocycles. The summed E-state index contributed by atoms with van der Waals surface area (Å²) < 4.78 is 4.87. The van der Waals surface area contributed by atoms with Gasteiger partial charge in [0.25, 0.3) is 0 Å². The number of hydrogen-bond acceptors (Lipinski definition) is 2. The Morgan fingerprint density at radius 2 is 1.57 bits per heavy atom. The summed E-state index contributed by atoms with van der Waals surface area (Å²) in [5, 5.41) is 0. The molecule has 0 bridgehead atoms. The lowest BCUT2D eigenvalue weighted by Crippen LogP contribution is -1.97. The molecule has 2 heteroatoms. The van der Waals surface area contributed by atoms with Gasteiger partial charge in [-0.3, -0.25) is 4.79 Å². The number of carbonyl (C=O) groups excluding carboxylic acids is 1. The van der Waals surface area contributed by atoms with Crippen molar-refractivity contribution in [3.8, 4) is 0 Å². The van der Waals surface area contributed by atoms with Crippen molar-refractivity contribution in [3.63, 3.8) is 0 Å². The van der Waals surface area contributed by atoms with Gasteiger partial charge in [-0.25, -0.2) is 0 Å². The highest BCUT2D eigenvalue weighted by molar-refractivity contribution is 5.66. The Kier molecular flexibility index (Phi) is 10.9. The fraction of sp³-hybridized carbons (Fsp3) is 0.571. The molecule has 0 aromatic heterocycles. The normalized spacial score (nSPS) is 11.0. The third-order valence-corrected chi connectivity index (χ3v) is 3.99. The molecule has 0 amide bonds. The second-order valence-electron chi connectivity index (χ2n) is 6.17. The predicted molar refractivity (Wildman–Crippen MR) is 98.4 cm³/mol. The van der Waals surface area contributed by atoms with E-state index in [9.17, 15) is 4.79 Å². The third-order valence-electron chi connectivity index (χ3n) is 3.99. The van der Waals surface area contributed by atoms with E-state index in [4.69, 9.17) is 4.74 Å². The molecule has 0 saturated carbocycles. The van der Waals surface area contributed by atoms with Gasteiger partial charge in [0.15, 0.2) is 0 Å². The molecule has 0 radical (unpaired) electrons. The van der Waals surface area contributed by atoms with Crippen LogP contribution in [0.1, 0.15) is 76.3 Å². The highest BCUT2D eigenvalue weighted by atomic mass is 16.5. The molecule has 23 heavy (non-hydrogen) atoms. The number of benzene rings is 1. The van der Waals surface area contributed by atoms with Crippen molar-refractivity contribution in [2.45, 2.75) is 71.6 Å². The number of carbonyl (C=O) groups is 1. The van der Waals surface area contributed by atoms with Crippen LogP contribution in [0.3, 0.4) is 0 Å². The van der Waals surface area contributed by atoms with Gasteiger partial charge in [-0.15, -0.1) is 0 Å². The molecule has 0 spiro atoms. The average Bonchev–Trinajstić information content (AvgIpc) is 2.55. The summed E-state index contributed by atoms with van der Waals surface area (Å²) in [7, 11) is 0. The Morgan fingerprint density at radius 3 is 2.17 bits per heavy atom. The van der Waals surface area contributed by atoms with E-state index in [2.05, 4.69) is 31.2 Å². The maximum Gasteiger partial charge on any atom is 0.302 e. The predicted octanol–water partition coefficient (Wildman–Crippen LogP) is 5.95. The highest BCUT2D eigenvalue weighted by Crippen LogP contribution is 2.12. The fourth-order valence-corrected chi connectivity index (χ4v) is 2.61. The molecule has 1 rings (SSSR count). The molecule has 2 nitrogen and oxygen atoms in total. The standard InChI is InChI=1S/C21H32O2/c1-3-4-5-6-7-8-9-10-12-20-14-16-21(17-15-20)13-11-18-23-19(2)22/h11,13-17H,3-10,12,18H2,1-2H3/b13-11+. The van der Waals surface area contributed by atoms with Gasteiger partial charge >= 0.3 is 5.97 Å². The summed E-state index contributed by atoms with van der Waals surface area (Å²) in [5.41, 5.74) is 2.56. The molecule has 0 unspecified atom stereocenters. The maximum absolute atomic E-state index is 10.7. The van der Waals surface area contributed by atoms with Crippen LogP contribution in [0.5, 0.6) is 0 Å². The van der Waals surface area contributed by atoms with Crippen LogP contribution in [0.2, 0.25) is 0 Å². The Morgan fingerprint density at radius 1 is 0.957 bits per heavy atom. The van der Waals surface area contributed by atoms with Crippen LogP contribution in [0.15, 0.2) is 30.3 Å². The Balaban J connectivity index is 2.13. The number of aryl methyl sites for hydroxylation is 1. The van der Waals surface area contributed by atoms with Gasteiger partial charge in [0, 0.05) is 6.92 Å².